The van der Waals surface area contributed by atoms with Crippen LogP contribution in [0.5, 0.6) is 0 Å². The molecule has 0 nitrogen and oxygen atoms in total. The Morgan fingerprint density at radius 1 is 0.524 bits per heavy atom. The Morgan fingerprint density at radius 3 is 1.05 bits per heavy atom. The molecule has 0 saturated carbocycles. The van der Waals surface area contributed by atoms with Gasteiger partial charge in [-0.1, -0.05) is 0 Å². The second kappa shape index (κ2) is 6.16. The van der Waals surface area contributed by atoms with Crippen molar-refractivity contribution >= 4 is 28.3 Å². The Kier molecular flexibility index (Phi) is 4.87. The summed E-state index contributed by atoms with van der Waals surface area (Å²) in [6.07, 6.45) is 0. The molecule has 0 unspecified atom stereocenters. The van der Waals surface area contributed by atoms with Crippen LogP contribution in [-0.4, -0.2) is 21.1 Å². The van der Waals surface area contributed by atoms with Crippen LogP contribution in [0.4, 0.5) is 0 Å². The summed E-state index contributed by atoms with van der Waals surface area (Å²) in [6, 6.07) is 18.6. The Balaban J connectivity index is 2.12. The number of hydrogen-bond donors (Lipinski definition) is 0. The molecule has 108 valence electrons. The van der Waals surface area contributed by atoms with Crippen molar-refractivity contribution in [2.75, 3.05) is 0 Å². The molecule has 0 aromatic heterocycles. The van der Waals surface area contributed by atoms with Crippen LogP contribution in [0.15, 0.2) is 48.5 Å². The van der Waals surface area contributed by atoms with E-state index in [9.17, 15) is 0 Å². The minimum atomic E-state index is -0.659. The van der Waals surface area contributed by atoms with Gasteiger partial charge in [0.25, 0.3) is 0 Å². The van der Waals surface area contributed by atoms with Gasteiger partial charge in [-0.3, -0.25) is 0 Å². The summed E-state index contributed by atoms with van der Waals surface area (Å²) in [7, 11) is 0. The van der Waals surface area contributed by atoms with Crippen molar-refractivity contribution in [3.63, 3.8) is 0 Å². The first-order chi connectivity index (χ1) is 9.66. The van der Waals surface area contributed by atoms with E-state index in [4.69, 9.17) is 0 Å². The quantitative estimate of drug-likeness (QED) is 0.688. The first-order valence-electron chi connectivity index (χ1n) is 7.64. The zero-order chi connectivity index (χ0) is 15.7. The third-order valence-corrected chi connectivity index (χ3v) is 7.34. The Bertz CT molecular complexity index is 522. The topological polar surface area (TPSA) is 0 Å². The third kappa shape index (κ3) is 4.60. The second-order valence-corrected chi connectivity index (χ2v) is 11.8. The summed E-state index contributed by atoms with van der Waals surface area (Å²) in [4.78, 5) is 0. The average molecular weight is 385 g/mol. The zero-order valence-electron chi connectivity index (χ0n) is 14.1. The molecule has 0 fully saturated rings. The Hall–Kier alpha value is -0.761. The van der Waals surface area contributed by atoms with Crippen molar-refractivity contribution in [3.8, 4) is 0 Å². The molecule has 2 aromatic carbocycles. The first-order valence-corrected chi connectivity index (χ1v) is 10.5. The van der Waals surface area contributed by atoms with Gasteiger partial charge in [0.1, 0.15) is 0 Å². The maximum atomic E-state index is 2.34. The van der Waals surface area contributed by atoms with Gasteiger partial charge in [-0.2, -0.15) is 0 Å². The van der Waals surface area contributed by atoms with E-state index in [1.165, 1.54) is 11.1 Å². The molecule has 0 spiro atoms. The predicted octanol–water partition coefficient (Wildman–Crippen LogP) is 3.94. The minimum absolute atomic E-state index is 0.248. The van der Waals surface area contributed by atoms with Crippen molar-refractivity contribution in [2.24, 2.45) is 0 Å². The van der Waals surface area contributed by atoms with Crippen molar-refractivity contribution in [3.05, 3.63) is 59.7 Å². The number of rotatable bonds is 2. The Morgan fingerprint density at radius 2 is 0.810 bits per heavy atom. The fourth-order valence-electron chi connectivity index (χ4n) is 2.27. The molecule has 0 amide bonds. The normalized spacial score (nSPS) is 12.1. The second-order valence-electron chi connectivity index (χ2n) is 7.78. The summed E-state index contributed by atoms with van der Waals surface area (Å²) in [6.45, 7) is 13.6. The molecular weight excluding hydrogens is 359 g/mol. The summed E-state index contributed by atoms with van der Waals surface area (Å²) in [5.74, 6) is 0. The first kappa shape index (κ1) is 16.6. The van der Waals surface area contributed by atoms with Gasteiger partial charge >= 0.3 is 140 Å². The predicted molar refractivity (Wildman–Crippen MR) is 95.3 cm³/mol. The molecule has 21 heavy (non-hydrogen) atoms. The molecule has 0 aliphatic carbocycles. The fourth-order valence-corrected chi connectivity index (χ4v) is 5.13. The van der Waals surface area contributed by atoms with Crippen LogP contribution < -0.4 is 7.16 Å². The van der Waals surface area contributed by atoms with Crippen LogP contribution >= 0.6 is 0 Å². The van der Waals surface area contributed by atoms with Gasteiger partial charge < -0.3 is 0 Å². The van der Waals surface area contributed by atoms with Crippen LogP contribution in [0, 0.1) is 0 Å². The van der Waals surface area contributed by atoms with Crippen molar-refractivity contribution in [1.29, 1.82) is 0 Å². The fraction of sp³-hybridized carbons (Fsp3) is 0.400. The molecule has 2 rings (SSSR count). The molecular formula is C20H26Sn+2. The standard InChI is InChI=1S/2C10H13.Sn/c2*1-10(2,3)9-7-5-4-6-8-9;/h2*5-8H,1-3H3;/q;;+2. The molecule has 0 atom stereocenters. The van der Waals surface area contributed by atoms with Gasteiger partial charge in [0.2, 0.25) is 0 Å². The molecule has 0 aliphatic rings. The maximum absolute atomic E-state index is 2.34. The van der Waals surface area contributed by atoms with Crippen LogP contribution in [0.25, 0.3) is 0 Å². The molecule has 0 saturated heterocycles. The molecule has 0 radical (unpaired) electrons. The van der Waals surface area contributed by atoms with Crippen LogP contribution in [-0.2, 0) is 10.8 Å². The van der Waals surface area contributed by atoms with E-state index in [0.29, 0.717) is 0 Å². The molecule has 0 aliphatic heterocycles. The van der Waals surface area contributed by atoms with E-state index in [1.54, 1.807) is 7.16 Å². The van der Waals surface area contributed by atoms with Gasteiger partial charge in [0.05, 0.1) is 0 Å². The van der Waals surface area contributed by atoms with Crippen LogP contribution in [0.1, 0.15) is 52.7 Å². The van der Waals surface area contributed by atoms with Gasteiger partial charge in [0.15, 0.2) is 0 Å². The summed E-state index contributed by atoms with van der Waals surface area (Å²) in [5.41, 5.74) is 3.35. The molecule has 2 aromatic rings. The van der Waals surface area contributed by atoms with Crippen molar-refractivity contribution in [1.82, 2.24) is 0 Å². The van der Waals surface area contributed by atoms with E-state index in [1.807, 2.05) is 0 Å². The SMILES string of the molecule is CC(C)(C)c1cc[c]([Sn+2][c]2ccc(C(C)(C)C)cc2)cc1. The van der Waals surface area contributed by atoms with Gasteiger partial charge in [-0.25, -0.2) is 0 Å². The third-order valence-electron chi connectivity index (χ3n) is 3.79. The van der Waals surface area contributed by atoms with Crippen molar-refractivity contribution < 1.29 is 0 Å². The number of benzene rings is 2. The van der Waals surface area contributed by atoms with Crippen molar-refractivity contribution in [2.45, 2.75) is 52.4 Å². The van der Waals surface area contributed by atoms with Gasteiger partial charge in [-0.15, -0.1) is 0 Å². The summed E-state index contributed by atoms with van der Waals surface area (Å²) >= 11 is -0.659. The van der Waals surface area contributed by atoms with E-state index in [0.717, 1.165) is 0 Å². The molecule has 1 heteroatoms. The van der Waals surface area contributed by atoms with E-state index in [2.05, 4.69) is 90.1 Å². The zero-order valence-corrected chi connectivity index (χ0v) is 17.0. The average Bonchev–Trinajstić information content (AvgIpc) is 2.38. The van der Waals surface area contributed by atoms with Crippen LogP contribution in [0.2, 0.25) is 0 Å². The van der Waals surface area contributed by atoms with E-state index in [-0.39, 0.29) is 10.8 Å². The number of hydrogen-bond acceptors (Lipinski definition) is 0. The van der Waals surface area contributed by atoms with Gasteiger partial charge in [0, 0.05) is 0 Å². The summed E-state index contributed by atoms with van der Waals surface area (Å²) in [5, 5.41) is 0. The van der Waals surface area contributed by atoms with Crippen LogP contribution in [0.3, 0.4) is 0 Å². The monoisotopic (exact) mass is 386 g/mol. The van der Waals surface area contributed by atoms with E-state index >= 15 is 0 Å². The van der Waals surface area contributed by atoms with E-state index < -0.39 is 21.1 Å². The Labute approximate surface area is 140 Å². The summed E-state index contributed by atoms with van der Waals surface area (Å²) < 4.78 is 3.10. The molecule has 0 N–H and O–H groups in total. The van der Waals surface area contributed by atoms with Gasteiger partial charge in [-0.05, 0) is 0 Å². The molecule has 0 heterocycles. The molecule has 0 bridgehead atoms.